The Kier molecular flexibility index (Phi) is 10.4. The fraction of sp³-hybridized carbons (Fsp3) is 0.500. The lowest BCUT2D eigenvalue weighted by atomic mass is 9.86. The van der Waals surface area contributed by atoms with Crippen LogP contribution < -0.4 is 5.32 Å². The van der Waals surface area contributed by atoms with E-state index < -0.39 is 6.04 Å². The van der Waals surface area contributed by atoms with Crippen LogP contribution in [0.15, 0.2) is 48.5 Å². The van der Waals surface area contributed by atoms with Gasteiger partial charge in [-0.3, -0.25) is 9.59 Å². The lowest BCUT2D eigenvalue weighted by Gasteiger charge is -2.31. The highest BCUT2D eigenvalue weighted by atomic mass is 35.5. The van der Waals surface area contributed by atoms with E-state index in [1.54, 1.807) is 4.90 Å². The van der Waals surface area contributed by atoms with E-state index in [2.05, 4.69) is 57.3 Å². The number of nitrogens with one attached hydrogen (secondary N) is 1. The van der Waals surface area contributed by atoms with Crippen molar-refractivity contribution in [2.75, 3.05) is 6.54 Å². The number of nitrogens with zero attached hydrogens (tertiary/aromatic N) is 1. The van der Waals surface area contributed by atoms with Gasteiger partial charge in [0.1, 0.15) is 6.04 Å². The van der Waals surface area contributed by atoms with Crippen molar-refractivity contribution < 1.29 is 9.59 Å². The van der Waals surface area contributed by atoms with E-state index in [9.17, 15) is 9.59 Å². The van der Waals surface area contributed by atoms with Crippen LogP contribution in [0.1, 0.15) is 77.0 Å². The van der Waals surface area contributed by atoms with Crippen LogP contribution in [0, 0.1) is 0 Å². The summed E-state index contributed by atoms with van der Waals surface area (Å²) >= 11 is 6.03. The maximum absolute atomic E-state index is 13.4. The predicted molar refractivity (Wildman–Crippen MR) is 137 cm³/mol. The van der Waals surface area contributed by atoms with Gasteiger partial charge in [-0.2, -0.15) is 0 Å². The summed E-state index contributed by atoms with van der Waals surface area (Å²) in [6.07, 6.45) is 3.52. The molecule has 2 aromatic carbocycles. The van der Waals surface area contributed by atoms with Gasteiger partial charge < -0.3 is 10.2 Å². The van der Waals surface area contributed by atoms with Gasteiger partial charge in [0.25, 0.3) is 0 Å². The Labute approximate surface area is 204 Å². The summed E-state index contributed by atoms with van der Waals surface area (Å²) < 4.78 is 0. The number of hydrogen-bond donors (Lipinski definition) is 1. The summed E-state index contributed by atoms with van der Waals surface area (Å²) in [6.45, 7) is 11.6. The predicted octanol–water partition coefficient (Wildman–Crippen LogP) is 6.29. The van der Waals surface area contributed by atoms with Crippen LogP contribution in [0.5, 0.6) is 0 Å². The SMILES string of the molecule is CCCCNC(=O)C(CC)N(Cc1ccc(Cl)cc1)C(=O)CCc1ccc(C(C)(C)C)cc1. The number of benzene rings is 2. The molecule has 33 heavy (non-hydrogen) atoms. The molecule has 180 valence electrons. The molecule has 1 atom stereocenters. The molecular weight excluding hydrogens is 432 g/mol. The minimum absolute atomic E-state index is 0.0117. The maximum Gasteiger partial charge on any atom is 0.242 e. The Bertz CT molecular complexity index is 886. The number of carbonyl (C=O) groups excluding carboxylic acids is 2. The molecular formula is C28H39ClN2O2. The first-order chi connectivity index (χ1) is 15.7. The zero-order valence-electron chi connectivity index (χ0n) is 20.8. The zero-order chi connectivity index (χ0) is 24.4. The third kappa shape index (κ3) is 8.51. The number of aryl methyl sites for hydroxylation is 1. The van der Waals surface area contributed by atoms with Crippen molar-refractivity contribution in [1.29, 1.82) is 0 Å². The van der Waals surface area contributed by atoms with Crippen molar-refractivity contribution >= 4 is 23.4 Å². The quantitative estimate of drug-likeness (QED) is 0.392. The first-order valence-electron chi connectivity index (χ1n) is 12.1. The Balaban J connectivity index is 2.15. The van der Waals surface area contributed by atoms with Crippen molar-refractivity contribution in [3.63, 3.8) is 0 Å². The van der Waals surface area contributed by atoms with Crippen LogP contribution in [-0.4, -0.2) is 29.3 Å². The van der Waals surface area contributed by atoms with Crippen molar-refractivity contribution in [3.8, 4) is 0 Å². The standard InChI is InChI=1S/C28H39ClN2O2/c1-6-8-19-30-27(33)25(7-2)31(20-22-11-16-24(29)17-12-22)26(32)18-13-21-9-14-23(15-10-21)28(3,4)5/h9-12,14-17,25H,6-8,13,18-20H2,1-5H3,(H,30,33). The van der Waals surface area contributed by atoms with E-state index >= 15 is 0 Å². The molecule has 4 nitrogen and oxygen atoms in total. The molecule has 2 aromatic rings. The molecule has 2 rings (SSSR count). The Morgan fingerprint density at radius 3 is 2.12 bits per heavy atom. The molecule has 0 aliphatic heterocycles. The second kappa shape index (κ2) is 12.8. The van der Waals surface area contributed by atoms with Crippen LogP contribution in [0.25, 0.3) is 0 Å². The van der Waals surface area contributed by atoms with E-state index in [1.807, 2.05) is 31.2 Å². The van der Waals surface area contributed by atoms with E-state index in [0.29, 0.717) is 37.4 Å². The molecule has 0 bridgehead atoms. The third-order valence-corrected chi connectivity index (χ3v) is 6.18. The molecule has 0 aromatic heterocycles. The van der Waals surface area contributed by atoms with E-state index in [4.69, 9.17) is 11.6 Å². The number of carbonyl (C=O) groups is 2. The fourth-order valence-corrected chi connectivity index (χ4v) is 3.90. The number of rotatable bonds is 11. The van der Waals surface area contributed by atoms with Crippen LogP contribution in [0.4, 0.5) is 0 Å². The van der Waals surface area contributed by atoms with Crippen molar-refractivity contribution in [1.82, 2.24) is 10.2 Å². The highest BCUT2D eigenvalue weighted by molar-refractivity contribution is 6.30. The molecule has 0 saturated carbocycles. The van der Waals surface area contributed by atoms with Gasteiger partial charge in [-0.1, -0.05) is 89.0 Å². The minimum atomic E-state index is -0.492. The molecule has 0 aliphatic rings. The summed E-state index contributed by atoms with van der Waals surface area (Å²) in [7, 11) is 0. The van der Waals surface area contributed by atoms with Crippen LogP contribution in [0.2, 0.25) is 5.02 Å². The van der Waals surface area contributed by atoms with Crippen molar-refractivity contribution in [3.05, 3.63) is 70.2 Å². The second-order valence-corrected chi connectivity index (χ2v) is 10.1. The smallest absolute Gasteiger partial charge is 0.242 e. The first-order valence-corrected chi connectivity index (χ1v) is 12.4. The summed E-state index contributed by atoms with van der Waals surface area (Å²) in [5, 5.41) is 3.66. The zero-order valence-corrected chi connectivity index (χ0v) is 21.5. The number of halogens is 1. The highest BCUT2D eigenvalue weighted by Crippen LogP contribution is 2.23. The van der Waals surface area contributed by atoms with E-state index in [-0.39, 0.29) is 17.2 Å². The Hall–Kier alpha value is -2.33. The Morgan fingerprint density at radius 2 is 1.58 bits per heavy atom. The summed E-state index contributed by atoms with van der Waals surface area (Å²) in [6, 6.07) is 15.5. The van der Waals surface area contributed by atoms with Gasteiger partial charge in [0.2, 0.25) is 11.8 Å². The molecule has 5 heteroatoms. The molecule has 0 radical (unpaired) electrons. The van der Waals surface area contributed by atoms with Crippen LogP contribution in [0.3, 0.4) is 0 Å². The molecule has 0 fully saturated rings. The molecule has 2 amide bonds. The summed E-state index contributed by atoms with van der Waals surface area (Å²) in [5.41, 5.74) is 3.46. The Morgan fingerprint density at radius 1 is 0.970 bits per heavy atom. The van der Waals surface area contributed by atoms with Crippen LogP contribution in [-0.2, 0) is 28.0 Å². The summed E-state index contributed by atoms with van der Waals surface area (Å²) in [5.74, 6) is -0.0925. The average Bonchev–Trinajstić information content (AvgIpc) is 2.78. The number of amides is 2. The van der Waals surface area contributed by atoms with Crippen molar-refractivity contribution in [2.45, 2.75) is 84.7 Å². The normalized spacial score (nSPS) is 12.3. The van der Waals surface area contributed by atoms with Crippen LogP contribution >= 0.6 is 11.6 Å². The second-order valence-electron chi connectivity index (χ2n) is 9.66. The lowest BCUT2D eigenvalue weighted by Crippen LogP contribution is -2.49. The minimum Gasteiger partial charge on any atom is -0.354 e. The third-order valence-electron chi connectivity index (χ3n) is 5.93. The fourth-order valence-electron chi connectivity index (χ4n) is 3.78. The van der Waals surface area contributed by atoms with Gasteiger partial charge in [-0.05, 0) is 53.5 Å². The molecule has 0 aliphatic carbocycles. The molecule has 0 heterocycles. The van der Waals surface area contributed by atoms with Gasteiger partial charge in [0.05, 0.1) is 0 Å². The summed E-state index contributed by atoms with van der Waals surface area (Å²) in [4.78, 5) is 28.0. The lowest BCUT2D eigenvalue weighted by molar-refractivity contribution is -0.141. The van der Waals surface area contributed by atoms with Gasteiger partial charge >= 0.3 is 0 Å². The van der Waals surface area contributed by atoms with Gasteiger partial charge in [0, 0.05) is 24.5 Å². The average molecular weight is 471 g/mol. The topological polar surface area (TPSA) is 49.4 Å². The molecule has 1 N–H and O–H groups in total. The first kappa shape index (κ1) is 26.9. The number of unbranched alkanes of at least 4 members (excludes halogenated alkanes) is 1. The van der Waals surface area contributed by atoms with Crippen molar-refractivity contribution in [2.24, 2.45) is 0 Å². The highest BCUT2D eigenvalue weighted by Gasteiger charge is 2.28. The molecule has 1 unspecified atom stereocenters. The van der Waals surface area contributed by atoms with E-state index in [0.717, 1.165) is 24.0 Å². The molecule has 0 spiro atoms. The van der Waals surface area contributed by atoms with Gasteiger partial charge in [-0.25, -0.2) is 0 Å². The van der Waals surface area contributed by atoms with E-state index in [1.165, 1.54) is 5.56 Å². The van der Waals surface area contributed by atoms with Gasteiger partial charge in [-0.15, -0.1) is 0 Å². The number of hydrogen-bond acceptors (Lipinski definition) is 2. The monoisotopic (exact) mass is 470 g/mol. The molecule has 0 saturated heterocycles. The largest absolute Gasteiger partial charge is 0.354 e. The maximum atomic E-state index is 13.4. The van der Waals surface area contributed by atoms with Gasteiger partial charge in [0.15, 0.2) is 0 Å².